The summed E-state index contributed by atoms with van der Waals surface area (Å²) in [6, 6.07) is 11.8. The summed E-state index contributed by atoms with van der Waals surface area (Å²) in [7, 11) is 1.88. The smallest absolute Gasteiger partial charge is 0.106 e. The van der Waals surface area contributed by atoms with Crippen LogP contribution in [0.1, 0.15) is 17.4 Å². The Bertz CT molecular complexity index is 733. The van der Waals surface area contributed by atoms with E-state index in [0.717, 1.165) is 26.8 Å². The molecule has 0 bridgehead atoms. The predicted molar refractivity (Wildman–Crippen MR) is 81.8 cm³/mol. The molecule has 0 saturated heterocycles. The lowest BCUT2D eigenvalue weighted by molar-refractivity contribution is 0.563. The second-order valence-electron chi connectivity index (χ2n) is 4.53. The van der Waals surface area contributed by atoms with Gasteiger partial charge in [-0.2, -0.15) is 5.10 Å². The van der Waals surface area contributed by atoms with Crippen molar-refractivity contribution >= 4 is 26.8 Å². The highest BCUT2D eigenvalue weighted by molar-refractivity contribution is 9.10. The van der Waals surface area contributed by atoms with E-state index in [1.54, 1.807) is 10.9 Å². The van der Waals surface area contributed by atoms with E-state index < -0.39 is 0 Å². The second kappa shape index (κ2) is 5.32. The Balaban J connectivity index is 2.12. The molecule has 5 nitrogen and oxygen atoms in total. The number of halogens is 1. The van der Waals surface area contributed by atoms with Gasteiger partial charge >= 0.3 is 0 Å². The number of aromatic nitrogens is 3. The fourth-order valence-corrected chi connectivity index (χ4v) is 2.87. The van der Waals surface area contributed by atoms with Gasteiger partial charge in [-0.05, 0) is 28.1 Å². The SMILES string of the molecule is Cn1ncc(Br)c1C(NN)c1ccc2ccccc2n1. The molecule has 0 aliphatic heterocycles. The molecule has 3 aromatic rings. The largest absolute Gasteiger partial charge is 0.270 e. The molecule has 0 radical (unpaired) electrons. The van der Waals surface area contributed by atoms with Crippen molar-refractivity contribution in [3.8, 4) is 0 Å². The van der Waals surface area contributed by atoms with Crippen LogP contribution in [0.4, 0.5) is 0 Å². The Morgan fingerprint density at radius 2 is 2.05 bits per heavy atom. The van der Waals surface area contributed by atoms with E-state index in [4.69, 9.17) is 5.84 Å². The number of nitrogens with one attached hydrogen (secondary N) is 1. The molecule has 3 N–H and O–H groups in total. The quantitative estimate of drug-likeness (QED) is 0.570. The number of hydrogen-bond acceptors (Lipinski definition) is 4. The van der Waals surface area contributed by atoms with Crippen molar-refractivity contribution in [1.29, 1.82) is 0 Å². The molecular formula is C14H14BrN5. The fourth-order valence-electron chi connectivity index (χ4n) is 2.29. The average Bonchev–Trinajstić information content (AvgIpc) is 2.80. The maximum Gasteiger partial charge on any atom is 0.106 e. The van der Waals surface area contributed by atoms with Gasteiger partial charge in [0, 0.05) is 12.4 Å². The average molecular weight is 332 g/mol. The molecule has 2 heterocycles. The van der Waals surface area contributed by atoms with Crippen molar-refractivity contribution in [3.63, 3.8) is 0 Å². The number of hydrazine groups is 1. The zero-order valence-corrected chi connectivity index (χ0v) is 12.5. The van der Waals surface area contributed by atoms with Crippen LogP contribution in [0.15, 0.2) is 47.1 Å². The maximum atomic E-state index is 5.73. The first-order chi connectivity index (χ1) is 9.70. The lowest BCUT2D eigenvalue weighted by Crippen LogP contribution is -2.31. The van der Waals surface area contributed by atoms with Gasteiger partial charge in [-0.15, -0.1) is 0 Å². The third-order valence-electron chi connectivity index (χ3n) is 3.29. The van der Waals surface area contributed by atoms with Crippen molar-refractivity contribution in [2.75, 3.05) is 0 Å². The van der Waals surface area contributed by atoms with Crippen LogP contribution in [-0.4, -0.2) is 14.8 Å². The highest BCUT2D eigenvalue weighted by atomic mass is 79.9. The van der Waals surface area contributed by atoms with Gasteiger partial charge in [0.1, 0.15) is 6.04 Å². The van der Waals surface area contributed by atoms with Gasteiger partial charge < -0.3 is 0 Å². The number of nitrogens with two attached hydrogens (primary N) is 1. The normalized spacial score (nSPS) is 12.8. The molecule has 1 aromatic carbocycles. The van der Waals surface area contributed by atoms with Crippen LogP contribution < -0.4 is 11.3 Å². The lowest BCUT2D eigenvalue weighted by Gasteiger charge is -2.17. The molecule has 0 spiro atoms. The van der Waals surface area contributed by atoms with Gasteiger partial charge in [0.2, 0.25) is 0 Å². The number of nitrogens with zero attached hydrogens (tertiary/aromatic N) is 3. The number of para-hydroxylation sites is 1. The van der Waals surface area contributed by atoms with Crippen LogP contribution in [0.2, 0.25) is 0 Å². The highest BCUT2D eigenvalue weighted by Gasteiger charge is 2.21. The first-order valence-electron chi connectivity index (χ1n) is 6.20. The van der Waals surface area contributed by atoms with E-state index in [9.17, 15) is 0 Å². The molecular weight excluding hydrogens is 318 g/mol. The summed E-state index contributed by atoms with van der Waals surface area (Å²) in [6.45, 7) is 0. The third kappa shape index (κ3) is 2.22. The number of fused-ring (bicyclic) bond motifs is 1. The topological polar surface area (TPSA) is 68.8 Å². The zero-order chi connectivity index (χ0) is 14.1. The minimum atomic E-state index is -0.221. The zero-order valence-electron chi connectivity index (χ0n) is 10.9. The van der Waals surface area contributed by atoms with Crippen LogP contribution in [0, 0.1) is 0 Å². The minimum Gasteiger partial charge on any atom is -0.270 e. The van der Waals surface area contributed by atoms with E-state index in [-0.39, 0.29) is 6.04 Å². The number of benzene rings is 1. The number of pyridine rings is 1. The van der Waals surface area contributed by atoms with Gasteiger partial charge in [0.25, 0.3) is 0 Å². The van der Waals surface area contributed by atoms with Gasteiger partial charge in [-0.1, -0.05) is 24.3 Å². The summed E-state index contributed by atoms with van der Waals surface area (Å²) in [5, 5.41) is 5.33. The Hall–Kier alpha value is -1.76. The minimum absolute atomic E-state index is 0.221. The lowest BCUT2D eigenvalue weighted by atomic mass is 10.1. The molecule has 20 heavy (non-hydrogen) atoms. The molecule has 2 aromatic heterocycles. The summed E-state index contributed by atoms with van der Waals surface area (Å²) in [4.78, 5) is 4.68. The van der Waals surface area contributed by atoms with Gasteiger partial charge in [-0.3, -0.25) is 15.5 Å². The van der Waals surface area contributed by atoms with E-state index in [2.05, 4.69) is 31.4 Å². The number of aryl methyl sites for hydroxylation is 1. The molecule has 0 fully saturated rings. The molecule has 0 saturated carbocycles. The first kappa shape index (κ1) is 13.2. The molecule has 1 unspecified atom stereocenters. The Labute approximate surface area is 124 Å². The summed E-state index contributed by atoms with van der Waals surface area (Å²) < 4.78 is 2.68. The Kier molecular flexibility index (Phi) is 3.52. The molecule has 102 valence electrons. The summed E-state index contributed by atoms with van der Waals surface area (Å²) >= 11 is 3.50. The molecule has 6 heteroatoms. The standard InChI is InChI=1S/C14H14BrN5/c1-20-14(10(15)8-17-20)13(19-16)12-7-6-9-4-2-3-5-11(9)18-12/h2-8,13,19H,16H2,1H3. The second-order valence-corrected chi connectivity index (χ2v) is 5.38. The van der Waals surface area contributed by atoms with E-state index in [0.29, 0.717) is 0 Å². The monoisotopic (exact) mass is 331 g/mol. The van der Waals surface area contributed by atoms with Gasteiger partial charge in [-0.25, -0.2) is 5.43 Å². The van der Waals surface area contributed by atoms with Crippen molar-refractivity contribution in [3.05, 3.63) is 58.5 Å². The van der Waals surface area contributed by atoms with Crippen LogP contribution in [0.3, 0.4) is 0 Å². The summed E-state index contributed by atoms with van der Waals surface area (Å²) in [5.41, 5.74) is 5.56. The van der Waals surface area contributed by atoms with Gasteiger partial charge in [0.15, 0.2) is 0 Å². The highest BCUT2D eigenvalue weighted by Crippen LogP contribution is 2.27. The van der Waals surface area contributed by atoms with Crippen molar-refractivity contribution < 1.29 is 0 Å². The van der Waals surface area contributed by atoms with Crippen LogP contribution >= 0.6 is 15.9 Å². The van der Waals surface area contributed by atoms with Crippen LogP contribution in [0.5, 0.6) is 0 Å². The van der Waals surface area contributed by atoms with E-state index >= 15 is 0 Å². The summed E-state index contributed by atoms with van der Waals surface area (Å²) in [5.74, 6) is 5.73. The van der Waals surface area contributed by atoms with Crippen molar-refractivity contribution in [2.24, 2.45) is 12.9 Å². The van der Waals surface area contributed by atoms with Gasteiger partial charge in [0.05, 0.1) is 27.6 Å². The van der Waals surface area contributed by atoms with E-state index in [1.807, 2.05) is 43.4 Å². The fraction of sp³-hybridized carbons (Fsp3) is 0.143. The first-order valence-corrected chi connectivity index (χ1v) is 6.99. The maximum absolute atomic E-state index is 5.73. The van der Waals surface area contributed by atoms with Crippen LogP contribution in [0.25, 0.3) is 10.9 Å². The number of rotatable bonds is 3. The predicted octanol–water partition coefficient (Wildman–Crippen LogP) is 2.28. The van der Waals surface area contributed by atoms with Crippen molar-refractivity contribution in [1.82, 2.24) is 20.2 Å². The summed E-state index contributed by atoms with van der Waals surface area (Å²) in [6.07, 6.45) is 1.75. The molecule has 0 aliphatic carbocycles. The molecule has 0 amide bonds. The Morgan fingerprint density at radius 1 is 1.25 bits per heavy atom. The number of hydrogen-bond donors (Lipinski definition) is 2. The molecule has 0 aliphatic rings. The van der Waals surface area contributed by atoms with E-state index in [1.165, 1.54) is 0 Å². The molecule has 1 atom stereocenters. The molecule has 3 rings (SSSR count). The van der Waals surface area contributed by atoms with Crippen LogP contribution in [-0.2, 0) is 7.05 Å². The third-order valence-corrected chi connectivity index (χ3v) is 3.90. The van der Waals surface area contributed by atoms with Crippen molar-refractivity contribution in [2.45, 2.75) is 6.04 Å². The Morgan fingerprint density at radius 3 is 2.75 bits per heavy atom.